The van der Waals surface area contributed by atoms with Crippen LogP contribution >= 0.6 is 11.6 Å². The minimum atomic E-state index is 0.204. The van der Waals surface area contributed by atoms with Crippen LogP contribution < -0.4 is 5.32 Å². The molecule has 0 radical (unpaired) electrons. The Morgan fingerprint density at radius 2 is 2.25 bits per heavy atom. The van der Waals surface area contributed by atoms with Gasteiger partial charge in [-0.2, -0.15) is 5.10 Å². The molecule has 0 aliphatic heterocycles. The van der Waals surface area contributed by atoms with E-state index in [4.69, 9.17) is 11.6 Å². The van der Waals surface area contributed by atoms with Crippen molar-refractivity contribution in [1.82, 2.24) is 15.1 Å². The molecule has 3 nitrogen and oxygen atoms in total. The highest BCUT2D eigenvalue weighted by molar-refractivity contribution is 6.30. The maximum absolute atomic E-state index is 6.16. The van der Waals surface area contributed by atoms with E-state index in [0.717, 1.165) is 18.0 Å². The van der Waals surface area contributed by atoms with Crippen LogP contribution in [-0.2, 0) is 20.0 Å². The van der Waals surface area contributed by atoms with Crippen LogP contribution in [0.2, 0.25) is 5.02 Å². The number of hydrogen-bond acceptors (Lipinski definition) is 2. The van der Waals surface area contributed by atoms with E-state index < -0.39 is 0 Å². The molecule has 20 heavy (non-hydrogen) atoms. The molecule has 0 fully saturated rings. The first kappa shape index (κ1) is 13.7. The van der Waals surface area contributed by atoms with Gasteiger partial charge in [-0.05, 0) is 35.1 Å². The van der Waals surface area contributed by atoms with Crippen LogP contribution in [0.15, 0.2) is 30.6 Å². The van der Waals surface area contributed by atoms with E-state index in [0.29, 0.717) is 6.04 Å². The molecule has 1 N–H and O–H groups in total. The minimum absolute atomic E-state index is 0.204. The van der Waals surface area contributed by atoms with Crippen molar-refractivity contribution in [3.63, 3.8) is 0 Å². The number of benzene rings is 1. The summed E-state index contributed by atoms with van der Waals surface area (Å²) >= 11 is 6.16. The molecule has 3 rings (SSSR count). The van der Waals surface area contributed by atoms with E-state index in [1.807, 2.05) is 30.2 Å². The van der Waals surface area contributed by atoms with Crippen molar-refractivity contribution in [2.75, 3.05) is 0 Å². The number of halogens is 1. The van der Waals surface area contributed by atoms with Crippen LogP contribution in [0.1, 0.15) is 36.6 Å². The van der Waals surface area contributed by atoms with E-state index in [1.54, 1.807) is 0 Å². The van der Waals surface area contributed by atoms with E-state index in [9.17, 15) is 0 Å². The van der Waals surface area contributed by atoms with Gasteiger partial charge in [0, 0.05) is 36.4 Å². The van der Waals surface area contributed by atoms with Gasteiger partial charge in [0.2, 0.25) is 0 Å². The first-order valence-electron chi connectivity index (χ1n) is 6.95. The highest BCUT2D eigenvalue weighted by atomic mass is 35.5. The van der Waals surface area contributed by atoms with Gasteiger partial charge in [-0.15, -0.1) is 0 Å². The molecule has 106 valence electrons. The zero-order valence-electron chi connectivity index (χ0n) is 12.2. The molecule has 1 aromatic heterocycles. The summed E-state index contributed by atoms with van der Waals surface area (Å²) in [5.74, 6) is 0. The van der Waals surface area contributed by atoms with Crippen molar-refractivity contribution in [1.29, 1.82) is 0 Å². The predicted octanol–water partition coefficient (Wildman–Crippen LogP) is 3.49. The van der Waals surface area contributed by atoms with Crippen LogP contribution in [-0.4, -0.2) is 9.78 Å². The smallest absolute Gasteiger partial charge is 0.0534 e. The van der Waals surface area contributed by atoms with Gasteiger partial charge in [0.05, 0.1) is 6.20 Å². The Morgan fingerprint density at radius 3 is 2.95 bits per heavy atom. The molecular weight excluding hydrogens is 270 g/mol. The number of fused-ring (bicyclic) bond motifs is 1. The summed E-state index contributed by atoms with van der Waals surface area (Å²) in [6.45, 7) is 5.44. The molecule has 0 saturated heterocycles. The zero-order chi connectivity index (χ0) is 14.3. The Kier molecular flexibility index (Phi) is 3.35. The molecule has 0 saturated carbocycles. The lowest BCUT2D eigenvalue weighted by Gasteiger charge is -2.28. The van der Waals surface area contributed by atoms with Crippen molar-refractivity contribution in [2.24, 2.45) is 12.5 Å². The number of rotatable bonds is 3. The van der Waals surface area contributed by atoms with E-state index in [2.05, 4.69) is 36.4 Å². The standard InChI is InChI=1S/C16H20ClN3/c1-16(2)7-12-4-5-13(17)6-14(12)15(16)18-8-11-9-19-20(3)10-11/h4-6,9-10,15,18H,7-8H2,1-3H3. The Morgan fingerprint density at radius 1 is 1.45 bits per heavy atom. The highest BCUT2D eigenvalue weighted by Crippen LogP contribution is 2.45. The van der Waals surface area contributed by atoms with Crippen LogP contribution in [0.3, 0.4) is 0 Å². The van der Waals surface area contributed by atoms with Gasteiger partial charge in [-0.1, -0.05) is 31.5 Å². The molecule has 1 heterocycles. The summed E-state index contributed by atoms with van der Waals surface area (Å²) < 4.78 is 1.83. The second-order valence-corrected chi connectivity index (χ2v) is 6.78. The first-order chi connectivity index (χ1) is 9.45. The molecule has 1 aromatic carbocycles. The molecule has 0 amide bonds. The molecule has 1 aliphatic carbocycles. The lowest BCUT2D eigenvalue weighted by Crippen LogP contribution is -2.30. The van der Waals surface area contributed by atoms with Gasteiger partial charge < -0.3 is 5.32 Å². The van der Waals surface area contributed by atoms with Gasteiger partial charge in [0.1, 0.15) is 0 Å². The van der Waals surface area contributed by atoms with E-state index >= 15 is 0 Å². The summed E-state index contributed by atoms with van der Waals surface area (Å²) in [4.78, 5) is 0. The van der Waals surface area contributed by atoms with Gasteiger partial charge in [0.25, 0.3) is 0 Å². The summed E-state index contributed by atoms with van der Waals surface area (Å²) in [5, 5.41) is 8.70. The lowest BCUT2D eigenvalue weighted by molar-refractivity contribution is 0.268. The van der Waals surface area contributed by atoms with Gasteiger partial charge in [-0.3, -0.25) is 4.68 Å². The van der Waals surface area contributed by atoms with E-state index in [1.165, 1.54) is 16.7 Å². The predicted molar refractivity (Wildman–Crippen MR) is 81.7 cm³/mol. The lowest BCUT2D eigenvalue weighted by atomic mass is 9.85. The molecule has 1 unspecified atom stereocenters. The molecule has 4 heteroatoms. The monoisotopic (exact) mass is 289 g/mol. The largest absolute Gasteiger partial charge is 0.305 e. The normalized spacial score (nSPS) is 20.1. The maximum atomic E-state index is 6.16. The molecule has 1 aliphatic rings. The number of aryl methyl sites for hydroxylation is 1. The van der Waals surface area contributed by atoms with Crippen molar-refractivity contribution < 1.29 is 0 Å². The summed E-state index contributed by atoms with van der Waals surface area (Å²) in [5.41, 5.74) is 4.16. The fourth-order valence-electron chi connectivity index (χ4n) is 3.18. The quantitative estimate of drug-likeness (QED) is 0.937. The molecule has 1 atom stereocenters. The fourth-order valence-corrected chi connectivity index (χ4v) is 3.36. The third-order valence-corrected chi connectivity index (χ3v) is 4.35. The fraction of sp³-hybridized carbons (Fsp3) is 0.438. The third-order valence-electron chi connectivity index (χ3n) is 4.12. The highest BCUT2D eigenvalue weighted by Gasteiger charge is 2.38. The van der Waals surface area contributed by atoms with Crippen LogP contribution in [0.25, 0.3) is 0 Å². The molecular formula is C16H20ClN3. The van der Waals surface area contributed by atoms with Crippen molar-refractivity contribution in [3.8, 4) is 0 Å². The van der Waals surface area contributed by atoms with Crippen LogP contribution in [0, 0.1) is 5.41 Å². The molecule has 0 bridgehead atoms. The van der Waals surface area contributed by atoms with E-state index in [-0.39, 0.29) is 5.41 Å². The second-order valence-electron chi connectivity index (χ2n) is 6.34. The summed E-state index contributed by atoms with van der Waals surface area (Å²) in [7, 11) is 1.94. The summed E-state index contributed by atoms with van der Waals surface area (Å²) in [6.07, 6.45) is 5.05. The summed E-state index contributed by atoms with van der Waals surface area (Å²) in [6, 6.07) is 6.58. The van der Waals surface area contributed by atoms with Gasteiger partial charge in [0.15, 0.2) is 0 Å². The number of hydrogen-bond donors (Lipinski definition) is 1. The van der Waals surface area contributed by atoms with Crippen molar-refractivity contribution >= 4 is 11.6 Å². The van der Waals surface area contributed by atoms with Crippen LogP contribution in [0.4, 0.5) is 0 Å². The number of aromatic nitrogens is 2. The first-order valence-corrected chi connectivity index (χ1v) is 7.33. The second kappa shape index (κ2) is 4.90. The van der Waals surface area contributed by atoms with Crippen LogP contribution in [0.5, 0.6) is 0 Å². The minimum Gasteiger partial charge on any atom is -0.305 e. The Hall–Kier alpha value is -1.32. The third kappa shape index (κ3) is 2.48. The Balaban J connectivity index is 1.83. The number of nitrogens with one attached hydrogen (secondary N) is 1. The molecule has 0 spiro atoms. The average Bonchev–Trinajstić information content (AvgIpc) is 2.87. The van der Waals surface area contributed by atoms with Crippen molar-refractivity contribution in [3.05, 3.63) is 52.3 Å². The SMILES string of the molecule is Cn1cc(CNC2c3cc(Cl)ccc3CC2(C)C)cn1. The van der Waals surface area contributed by atoms with Gasteiger partial charge in [-0.25, -0.2) is 0 Å². The topological polar surface area (TPSA) is 29.9 Å². The average molecular weight is 290 g/mol. The number of nitrogens with zero attached hydrogens (tertiary/aromatic N) is 2. The Bertz CT molecular complexity index is 630. The maximum Gasteiger partial charge on any atom is 0.0534 e. The zero-order valence-corrected chi connectivity index (χ0v) is 12.9. The van der Waals surface area contributed by atoms with Gasteiger partial charge >= 0.3 is 0 Å². The molecule has 2 aromatic rings. The van der Waals surface area contributed by atoms with Crippen molar-refractivity contribution in [2.45, 2.75) is 32.9 Å². The Labute approximate surface area is 124 Å².